The lowest BCUT2D eigenvalue weighted by Gasteiger charge is -2.16. The van der Waals surface area contributed by atoms with Crippen molar-refractivity contribution in [2.75, 3.05) is 13.7 Å². The second kappa shape index (κ2) is 6.12. The number of benzene rings is 2. The quantitative estimate of drug-likeness (QED) is 0.718. The summed E-state index contributed by atoms with van der Waals surface area (Å²) in [6.45, 7) is 0.624. The maximum absolute atomic E-state index is 12.4. The number of halogens is 1. The number of aromatic amines is 1. The Bertz CT molecular complexity index is 927. The Balaban J connectivity index is 1.54. The third kappa shape index (κ3) is 2.98. The van der Waals surface area contributed by atoms with E-state index in [1.807, 2.05) is 12.1 Å². The summed E-state index contributed by atoms with van der Waals surface area (Å²) in [6, 6.07) is 13.0. The molecule has 1 aliphatic carbocycles. The maximum atomic E-state index is 12.4. The highest BCUT2D eigenvalue weighted by Gasteiger charge is 2.45. The van der Waals surface area contributed by atoms with Gasteiger partial charge in [-0.2, -0.15) is 0 Å². The predicted molar refractivity (Wildman–Crippen MR) is 99.5 cm³/mol. The Morgan fingerprint density at radius 3 is 2.68 bits per heavy atom. The van der Waals surface area contributed by atoms with E-state index in [1.54, 1.807) is 31.4 Å². The highest BCUT2D eigenvalue weighted by Crippen LogP contribution is 2.50. The van der Waals surface area contributed by atoms with Gasteiger partial charge in [-0.25, -0.2) is 0 Å². The molecule has 0 atom stereocenters. The molecule has 0 bridgehead atoms. The topological polar surface area (TPSA) is 54.1 Å². The first-order valence-electron chi connectivity index (χ1n) is 8.31. The highest BCUT2D eigenvalue weighted by molar-refractivity contribution is 6.30. The van der Waals surface area contributed by atoms with Crippen LogP contribution in [0.5, 0.6) is 5.75 Å². The van der Waals surface area contributed by atoms with Gasteiger partial charge in [0, 0.05) is 39.6 Å². The third-order valence-corrected chi connectivity index (χ3v) is 5.26. The Hall–Kier alpha value is -2.46. The van der Waals surface area contributed by atoms with E-state index in [9.17, 15) is 4.79 Å². The van der Waals surface area contributed by atoms with E-state index in [0.717, 1.165) is 29.5 Å². The van der Waals surface area contributed by atoms with E-state index >= 15 is 0 Å². The van der Waals surface area contributed by atoms with Crippen LogP contribution in [0.25, 0.3) is 10.9 Å². The lowest BCUT2D eigenvalue weighted by molar-refractivity contribution is 0.0949. The minimum absolute atomic E-state index is 0.00665. The summed E-state index contributed by atoms with van der Waals surface area (Å²) in [6.07, 6.45) is 4.20. The van der Waals surface area contributed by atoms with Crippen molar-refractivity contribution in [2.45, 2.75) is 18.3 Å². The van der Waals surface area contributed by atoms with Gasteiger partial charge in [0.05, 0.1) is 7.11 Å². The molecule has 1 aromatic heterocycles. The zero-order valence-electron chi connectivity index (χ0n) is 13.9. The second-order valence-electron chi connectivity index (χ2n) is 6.58. The van der Waals surface area contributed by atoms with Crippen molar-refractivity contribution < 1.29 is 9.53 Å². The van der Waals surface area contributed by atoms with Crippen LogP contribution in [-0.2, 0) is 5.41 Å². The van der Waals surface area contributed by atoms with E-state index in [4.69, 9.17) is 16.3 Å². The molecule has 0 unspecified atom stereocenters. The van der Waals surface area contributed by atoms with E-state index in [2.05, 4.69) is 22.6 Å². The SMILES string of the molecule is COc1ccc2[nH]cc(C3(CNC(=O)c4ccc(Cl)cc4)CC3)c2c1. The van der Waals surface area contributed by atoms with Crippen molar-refractivity contribution in [1.29, 1.82) is 0 Å². The highest BCUT2D eigenvalue weighted by atomic mass is 35.5. The van der Waals surface area contributed by atoms with Crippen LogP contribution >= 0.6 is 11.6 Å². The number of fused-ring (bicyclic) bond motifs is 1. The summed E-state index contributed by atoms with van der Waals surface area (Å²) in [5.41, 5.74) is 2.97. The summed E-state index contributed by atoms with van der Waals surface area (Å²) < 4.78 is 5.35. The van der Waals surface area contributed by atoms with Crippen molar-refractivity contribution in [1.82, 2.24) is 10.3 Å². The van der Waals surface area contributed by atoms with E-state index in [1.165, 1.54) is 5.56 Å². The summed E-state index contributed by atoms with van der Waals surface area (Å²) >= 11 is 5.88. The zero-order valence-corrected chi connectivity index (χ0v) is 14.7. The average Bonchev–Trinajstić information content (AvgIpc) is 3.30. The van der Waals surface area contributed by atoms with E-state index < -0.39 is 0 Å². The van der Waals surface area contributed by atoms with Crippen LogP contribution < -0.4 is 10.1 Å². The molecule has 2 N–H and O–H groups in total. The number of ether oxygens (including phenoxy) is 1. The largest absolute Gasteiger partial charge is 0.497 e. The molecular weight excluding hydrogens is 336 g/mol. The molecule has 25 heavy (non-hydrogen) atoms. The lowest BCUT2D eigenvalue weighted by atomic mass is 9.95. The van der Waals surface area contributed by atoms with Gasteiger partial charge in [-0.1, -0.05) is 11.6 Å². The minimum Gasteiger partial charge on any atom is -0.497 e. The van der Waals surface area contributed by atoms with Crippen molar-refractivity contribution in [3.05, 3.63) is 64.8 Å². The van der Waals surface area contributed by atoms with Crippen LogP contribution in [-0.4, -0.2) is 24.5 Å². The molecule has 0 aliphatic heterocycles. The number of carbonyl (C=O) groups excluding carboxylic acids is 1. The van der Waals surface area contributed by atoms with E-state index in [0.29, 0.717) is 17.1 Å². The first kappa shape index (κ1) is 16.0. The Morgan fingerprint density at radius 2 is 2.00 bits per heavy atom. The summed E-state index contributed by atoms with van der Waals surface area (Å²) in [5, 5.41) is 4.87. The summed E-state index contributed by atoms with van der Waals surface area (Å²) in [4.78, 5) is 15.7. The van der Waals surface area contributed by atoms with Crippen LogP contribution in [0.1, 0.15) is 28.8 Å². The van der Waals surface area contributed by atoms with Crippen LogP contribution in [0.3, 0.4) is 0 Å². The van der Waals surface area contributed by atoms with Crippen LogP contribution in [0.4, 0.5) is 0 Å². The monoisotopic (exact) mass is 354 g/mol. The van der Waals surface area contributed by atoms with Gasteiger partial charge in [-0.05, 0) is 60.9 Å². The van der Waals surface area contributed by atoms with Crippen molar-refractivity contribution in [3.8, 4) is 5.75 Å². The van der Waals surface area contributed by atoms with Gasteiger partial charge in [0.25, 0.3) is 5.91 Å². The van der Waals surface area contributed by atoms with Gasteiger partial charge < -0.3 is 15.0 Å². The Kier molecular flexibility index (Phi) is 3.92. The second-order valence-corrected chi connectivity index (χ2v) is 7.02. The lowest BCUT2D eigenvalue weighted by Crippen LogP contribution is -2.32. The first-order chi connectivity index (χ1) is 12.1. The Labute approximate surface area is 151 Å². The van der Waals surface area contributed by atoms with Gasteiger partial charge in [0.1, 0.15) is 5.75 Å². The molecule has 5 heteroatoms. The van der Waals surface area contributed by atoms with Crippen molar-refractivity contribution in [3.63, 3.8) is 0 Å². The van der Waals surface area contributed by atoms with Crippen LogP contribution in [0.15, 0.2) is 48.7 Å². The van der Waals surface area contributed by atoms with Crippen LogP contribution in [0, 0.1) is 0 Å². The average molecular weight is 355 g/mol. The number of aromatic nitrogens is 1. The van der Waals surface area contributed by atoms with Gasteiger partial charge in [-0.15, -0.1) is 0 Å². The molecule has 0 spiro atoms. The zero-order chi connectivity index (χ0) is 17.4. The fraction of sp³-hybridized carbons (Fsp3) is 0.250. The number of amides is 1. The molecule has 3 aromatic rings. The fourth-order valence-corrected chi connectivity index (χ4v) is 3.44. The number of hydrogen-bond donors (Lipinski definition) is 2. The van der Waals surface area contributed by atoms with Gasteiger partial charge in [0.2, 0.25) is 0 Å². The molecule has 128 valence electrons. The molecule has 0 saturated heterocycles. The van der Waals surface area contributed by atoms with Crippen molar-refractivity contribution >= 4 is 28.4 Å². The van der Waals surface area contributed by atoms with Crippen molar-refractivity contribution in [2.24, 2.45) is 0 Å². The molecule has 1 heterocycles. The number of carbonyl (C=O) groups is 1. The smallest absolute Gasteiger partial charge is 0.251 e. The summed E-state index contributed by atoms with van der Waals surface area (Å²) in [5.74, 6) is 0.773. The number of rotatable bonds is 5. The first-order valence-corrected chi connectivity index (χ1v) is 8.68. The Morgan fingerprint density at radius 1 is 1.24 bits per heavy atom. The molecule has 4 nitrogen and oxygen atoms in total. The van der Waals surface area contributed by atoms with Crippen LogP contribution in [0.2, 0.25) is 5.02 Å². The van der Waals surface area contributed by atoms with Gasteiger partial charge >= 0.3 is 0 Å². The third-order valence-electron chi connectivity index (χ3n) is 5.01. The molecule has 1 fully saturated rings. The maximum Gasteiger partial charge on any atom is 0.251 e. The fourth-order valence-electron chi connectivity index (χ4n) is 3.31. The van der Waals surface area contributed by atoms with Gasteiger partial charge in [-0.3, -0.25) is 4.79 Å². The number of nitrogens with one attached hydrogen (secondary N) is 2. The molecular formula is C20H19ClN2O2. The molecule has 1 aliphatic rings. The number of H-pyrrole nitrogens is 1. The van der Waals surface area contributed by atoms with E-state index in [-0.39, 0.29) is 11.3 Å². The summed E-state index contributed by atoms with van der Waals surface area (Å²) in [7, 11) is 1.67. The molecule has 1 saturated carbocycles. The predicted octanol–water partition coefficient (Wildman–Crippen LogP) is 4.29. The molecule has 2 aromatic carbocycles. The minimum atomic E-state index is -0.0691. The molecule has 0 radical (unpaired) electrons. The normalized spacial score (nSPS) is 15.1. The number of methoxy groups -OCH3 is 1. The number of hydrogen-bond acceptors (Lipinski definition) is 2. The molecule has 1 amide bonds. The van der Waals surface area contributed by atoms with Gasteiger partial charge in [0.15, 0.2) is 0 Å². The standard InChI is InChI=1S/C20H19ClN2O2/c1-25-15-6-7-18-16(10-15)17(11-22-18)20(8-9-20)12-23-19(24)13-2-4-14(21)5-3-13/h2-7,10-11,22H,8-9,12H2,1H3,(H,23,24). The molecule has 4 rings (SSSR count).